The van der Waals surface area contributed by atoms with Gasteiger partial charge < -0.3 is 9.64 Å². The summed E-state index contributed by atoms with van der Waals surface area (Å²) in [5, 5.41) is 0. The van der Waals surface area contributed by atoms with E-state index in [2.05, 4.69) is 111 Å². The maximum atomic E-state index is 13.8. The number of hydrogen-bond acceptors (Lipinski definition) is 2. The molecule has 0 unspecified atom stereocenters. The summed E-state index contributed by atoms with van der Waals surface area (Å²) in [6.45, 7) is 35.8. The molecule has 1 saturated carbocycles. The van der Waals surface area contributed by atoms with E-state index in [4.69, 9.17) is 4.74 Å². The summed E-state index contributed by atoms with van der Waals surface area (Å²) in [7, 11) is 0. The molecule has 1 aliphatic carbocycles. The highest BCUT2D eigenvalue weighted by atomic mass is 19.1. The molecule has 0 spiro atoms. The molecule has 54 heavy (non-hydrogen) atoms. The van der Waals surface area contributed by atoms with Gasteiger partial charge in [-0.25, -0.2) is 4.39 Å². The maximum Gasteiger partial charge on any atom is 0.165 e. The molecular formula is C51H86FNO. The van der Waals surface area contributed by atoms with Crippen LogP contribution in [0.4, 0.5) is 4.39 Å². The van der Waals surface area contributed by atoms with Crippen LogP contribution in [0.1, 0.15) is 191 Å². The minimum atomic E-state index is -0.295. The van der Waals surface area contributed by atoms with Crippen molar-refractivity contribution in [2.45, 2.75) is 179 Å². The molecule has 0 atom stereocenters. The van der Waals surface area contributed by atoms with E-state index >= 15 is 0 Å². The van der Waals surface area contributed by atoms with E-state index in [-0.39, 0.29) is 5.82 Å². The fraction of sp³-hybridized carbons (Fsp3) is 0.647. The van der Waals surface area contributed by atoms with E-state index in [0.717, 1.165) is 25.3 Å². The quantitative estimate of drug-likeness (QED) is 0.133. The average Bonchev–Trinajstić information content (AvgIpc) is 3.10. The van der Waals surface area contributed by atoms with Gasteiger partial charge in [0.05, 0.1) is 0 Å². The van der Waals surface area contributed by atoms with Crippen molar-refractivity contribution >= 4 is 5.57 Å². The van der Waals surface area contributed by atoms with Crippen molar-refractivity contribution in [1.82, 2.24) is 4.90 Å². The van der Waals surface area contributed by atoms with Crippen LogP contribution in [-0.4, -0.2) is 31.1 Å². The molecule has 4 rings (SSSR count). The van der Waals surface area contributed by atoms with Gasteiger partial charge in [-0.3, -0.25) is 0 Å². The molecule has 2 fully saturated rings. The van der Waals surface area contributed by atoms with E-state index in [1.165, 1.54) is 112 Å². The van der Waals surface area contributed by atoms with Crippen molar-refractivity contribution in [2.75, 3.05) is 26.2 Å². The van der Waals surface area contributed by atoms with Gasteiger partial charge in [-0.15, -0.1) is 6.58 Å². The Labute approximate surface area is 336 Å². The molecule has 2 nitrogen and oxygen atoms in total. The van der Waals surface area contributed by atoms with Crippen molar-refractivity contribution in [1.29, 1.82) is 0 Å². The summed E-state index contributed by atoms with van der Waals surface area (Å²) in [5.41, 5.74) is 9.29. The maximum absolute atomic E-state index is 13.8. The number of likely N-dealkylation sites (tertiary alicyclic amines) is 1. The number of halogens is 1. The second kappa shape index (κ2) is 30.6. The largest absolute Gasteiger partial charge is 0.486 e. The summed E-state index contributed by atoms with van der Waals surface area (Å²) in [6, 6.07) is 15.7. The molecule has 0 N–H and O–H groups in total. The van der Waals surface area contributed by atoms with Crippen LogP contribution >= 0.6 is 0 Å². The molecule has 3 heteroatoms. The Morgan fingerprint density at radius 1 is 0.889 bits per heavy atom. The van der Waals surface area contributed by atoms with Crippen LogP contribution in [0, 0.1) is 17.2 Å². The fourth-order valence-electron chi connectivity index (χ4n) is 6.37. The Hall–Kier alpha value is -2.65. The van der Waals surface area contributed by atoms with Gasteiger partial charge in [0, 0.05) is 0 Å². The van der Waals surface area contributed by atoms with Gasteiger partial charge in [0.1, 0.15) is 6.61 Å². The second-order valence-electron chi connectivity index (χ2n) is 17.2. The zero-order valence-corrected chi connectivity index (χ0v) is 37.8. The number of unbranched alkanes of at least 4 members (excludes halogenated alkanes) is 2. The number of benzene rings is 2. The monoisotopic (exact) mass is 748 g/mol. The highest BCUT2D eigenvalue weighted by Gasteiger charge is 2.24. The third-order valence-electron chi connectivity index (χ3n) is 9.57. The van der Waals surface area contributed by atoms with E-state index < -0.39 is 0 Å². The number of piperidine rings is 1. The number of ether oxygens (including phenoxy) is 1. The minimum Gasteiger partial charge on any atom is -0.486 e. The van der Waals surface area contributed by atoms with Crippen LogP contribution in [0.3, 0.4) is 0 Å². The predicted octanol–water partition coefficient (Wildman–Crippen LogP) is 16.4. The molecule has 0 bridgehead atoms. The second-order valence-corrected chi connectivity index (χ2v) is 17.2. The summed E-state index contributed by atoms with van der Waals surface area (Å²) < 4.78 is 19.5. The van der Waals surface area contributed by atoms with Gasteiger partial charge in [0.25, 0.3) is 0 Å². The number of para-hydroxylation sites is 1. The van der Waals surface area contributed by atoms with Crippen molar-refractivity contribution in [3.8, 4) is 5.75 Å². The van der Waals surface area contributed by atoms with Crippen molar-refractivity contribution < 1.29 is 9.13 Å². The van der Waals surface area contributed by atoms with Gasteiger partial charge in [0.15, 0.2) is 11.6 Å². The van der Waals surface area contributed by atoms with Gasteiger partial charge >= 0.3 is 0 Å². The summed E-state index contributed by atoms with van der Waals surface area (Å²) in [4.78, 5) is 2.61. The van der Waals surface area contributed by atoms with Crippen molar-refractivity contribution in [3.05, 3.63) is 94.8 Å². The van der Waals surface area contributed by atoms with E-state index in [1.54, 1.807) is 29.3 Å². The standard InChI is InChI=1S/C30H38FNO.C8H18.C6H12.C5H12.C2H6/c1-3-24(22-33-30-16-7-6-15-29(30)31)10-9-19-32-20-17-26(18-21-32)28-14-5-4-13-27(28)23(2)25-11-8-12-25;1-4-5-6-7-8(2)3;1-4-5-6(2)3;1-5(2,3)4;1-2/h3-7,13-16,26H,8-12,17-22H2,1-2H3;8H,4-7H2,1-3H3;2,4-5H2,1,3H3;1-4H3;1-2H3/b24-3+;;;;. The first kappa shape index (κ1) is 51.4. The first-order valence-corrected chi connectivity index (χ1v) is 21.9. The highest BCUT2D eigenvalue weighted by Crippen LogP contribution is 2.38. The number of allylic oxidation sites excluding steroid dienone is 4. The number of nitrogens with zero attached hydrogens (tertiary/aromatic N) is 1. The Morgan fingerprint density at radius 2 is 1.48 bits per heavy atom. The molecule has 0 amide bonds. The zero-order valence-electron chi connectivity index (χ0n) is 37.8. The fourth-order valence-corrected chi connectivity index (χ4v) is 6.37. The third-order valence-corrected chi connectivity index (χ3v) is 9.57. The van der Waals surface area contributed by atoms with Crippen molar-refractivity contribution in [3.63, 3.8) is 0 Å². The average molecular weight is 748 g/mol. The molecule has 2 aliphatic rings. The summed E-state index contributed by atoms with van der Waals surface area (Å²) in [6.07, 6.45) is 18.7. The molecule has 308 valence electrons. The lowest BCUT2D eigenvalue weighted by molar-refractivity contribution is 0.209. The van der Waals surface area contributed by atoms with Crippen LogP contribution in [0.15, 0.2) is 77.9 Å². The van der Waals surface area contributed by atoms with Crippen LogP contribution in [0.5, 0.6) is 5.75 Å². The number of hydrogen-bond donors (Lipinski definition) is 0. The van der Waals surface area contributed by atoms with Crippen LogP contribution in [-0.2, 0) is 0 Å². The summed E-state index contributed by atoms with van der Waals surface area (Å²) in [5.74, 6) is 1.62. The molecule has 2 aromatic carbocycles. The minimum absolute atomic E-state index is 0.295. The van der Waals surface area contributed by atoms with Gasteiger partial charge in [-0.1, -0.05) is 155 Å². The van der Waals surface area contributed by atoms with Gasteiger partial charge in [-0.05, 0) is 143 Å². The molecule has 0 radical (unpaired) electrons. The molecule has 1 saturated heterocycles. The smallest absolute Gasteiger partial charge is 0.165 e. The highest BCUT2D eigenvalue weighted by molar-refractivity contribution is 5.71. The third kappa shape index (κ3) is 24.7. The SMILES string of the molecule is C/C=C(\CCCN1CCC(c2ccccc2C(C)=C2CCC2)CC1)COc1ccccc1F.C=C(C)CCC.CC.CC(C)(C)C.CCCCCC(C)C. The van der Waals surface area contributed by atoms with E-state index in [1.807, 2.05) is 20.8 Å². The Morgan fingerprint density at radius 3 is 1.96 bits per heavy atom. The topological polar surface area (TPSA) is 12.5 Å². The lowest BCUT2D eigenvalue weighted by Crippen LogP contribution is -2.34. The van der Waals surface area contributed by atoms with Crippen molar-refractivity contribution in [2.24, 2.45) is 11.3 Å². The Kier molecular flexibility index (Phi) is 29.1. The zero-order chi connectivity index (χ0) is 40.9. The van der Waals surface area contributed by atoms with Crippen LogP contribution in [0.25, 0.3) is 5.57 Å². The Balaban J connectivity index is 0.00000110. The van der Waals surface area contributed by atoms with Crippen LogP contribution in [0.2, 0.25) is 0 Å². The molecule has 2 aromatic rings. The molecule has 1 heterocycles. The number of rotatable bonds is 15. The van der Waals surface area contributed by atoms with Crippen LogP contribution < -0.4 is 4.74 Å². The lowest BCUT2D eigenvalue weighted by Gasteiger charge is -2.33. The molecular weight excluding hydrogens is 662 g/mol. The van der Waals surface area contributed by atoms with Gasteiger partial charge in [0.2, 0.25) is 0 Å². The summed E-state index contributed by atoms with van der Waals surface area (Å²) >= 11 is 0. The predicted molar refractivity (Wildman–Crippen MR) is 241 cm³/mol. The van der Waals surface area contributed by atoms with Gasteiger partial charge in [-0.2, -0.15) is 0 Å². The van der Waals surface area contributed by atoms with E-state index in [0.29, 0.717) is 23.7 Å². The first-order valence-electron chi connectivity index (χ1n) is 21.9. The Bertz CT molecular complexity index is 1290. The lowest BCUT2D eigenvalue weighted by atomic mass is 9.80. The molecule has 1 aliphatic heterocycles. The molecule has 0 aromatic heterocycles. The van der Waals surface area contributed by atoms with E-state index in [9.17, 15) is 4.39 Å². The normalized spacial score (nSPS) is 14.5. The first-order chi connectivity index (χ1) is 25.7.